The summed E-state index contributed by atoms with van der Waals surface area (Å²) in [4.78, 5) is 14.8. The zero-order valence-corrected chi connectivity index (χ0v) is 14.6. The van der Waals surface area contributed by atoms with Crippen molar-refractivity contribution in [3.05, 3.63) is 41.7 Å². The van der Waals surface area contributed by atoms with Crippen molar-refractivity contribution in [1.29, 1.82) is 0 Å². The number of nitrogens with one attached hydrogen (secondary N) is 1. The second-order valence-corrected chi connectivity index (χ2v) is 5.75. The Morgan fingerprint density at radius 2 is 1.92 bits per heavy atom. The Labute approximate surface area is 142 Å². The second-order valence-electron chi connectivity index (χ2n) is 5.75. The van der Waals surface area contributed by atoms with Crippen molar-refractivity contribution in [2.24, 2.45) is 10.7 Å². The van der Waals surface area contributed by atoms with Crippen molar-refractivity contribution in [1.82, 2.24) is 14.9 Å². The summed E-state index contributed by atoms with van der Waals surface area (Å²) in [7, 11) is 4.02. The standard InChI is InChI=1S/C17H24N6O/c1-12-10-13(2)20-17(19-12)22-16(18)21-14-6-5-7-15(11-14)24-9-8-23(3)4/h5-7,10-11H,8-9H2,1-4H3,(H3,18,19,20,21,22). The number of hydrogen-bond acceptors (Lipinski definition) is 5. The summed E-state index contributed by atoms with van der Waals surface area (Å²) in [6.07, 6.45) is 0. The molecule has 7 heteroatoms. The van der Waals surface area contributed by atoms with E-state index in [9.17, 15) is 0 Å². The summed E-state index contributed by atoms with van der Waals surface area (Å²) in [6.45, 7) is 5.26. The Morgan fingerprint density at radius 1 is 1.21 bits per heavy atom. The number of nitrogens with two attached hydrogens (primary N) is 1. The molecule has 0 aliphatic carbocycles. The van der Waals surface area contributed by atoms with E-state index in [0.717, 1.165) is 29.4 Å². The molecule has 0 amide bonds. The van der Waals surface area contributed by atoms with Crippen molar-refractivity contribution >= 4 is 17.6 Å². The van der Waals surface area contributed by atoms with Crippen LogP contribution in [0.15, 0.2) is 35.3 Å². The maximum absolute atomic E-state index is 5.94. The third kappa shape index (κ3) is 5.85. The SMILES string of the molecule is Cc1cc(C)nc(/N=C(/N)Nc2cccc(OCCN(C)C)c2)n1. The van der Waals surface area contributed by atoms with E-state index in [4.69, 9.17) is 10.5 Å². The Hall–Kier alpha value is -2.67. The summed E-state index contributed by atoms with van der Waals surface area (Å²) in [6, 6.07) is 9.45. The number of ether oxygens (including phenoxy) is 1. The van der Waals surface area contributed by atoms with Crippen molar-refractivity contribution in [3.8, 4) is 5.75 Å². The fourth-order valence-electron chi connectivity index (χ4n) is 2.05. The highest BCUT2D eigenvalue weighted by Gasteiger charge is 2.02. The Morgan fingerprint density at radius 3 is 2.58 bits per heavy atom. The van der Waals surface area contributed by atoms with Crippen LogP contribution in [0.1, 0.15) is 11.4 Å². The number of rotatable bonds is 6. The lowest BCUT2D eigenvalue weighted by Gasteiger charge is -2.12. The molecule has 1 aromatic heterocycles. The third-order valence-corrected chi connectivity index (χ3v) is 3.10. The van der Waals surface area contributed by atoms with Gasteiger partial charge >= 0.3 is 0 Å². The molecular formula is C17H24N6O. The summed E-state index contributed by atoms with van der Waals surface area (Å²) >= 11 is 0. The molecule has 24 heavy (non-hydrogen) atoms. The maximum Gasteiger partial charge on any atom is 0.253 e. The fourth-order valence-corrected chi connectivity index (χ4v) is 2.05. The maximum atomic E-state index is 5.94. The van der Waals surface area contributed by atoms with E-state index in [1.54, 1.807) is 0 Å². The van der Waals surface area contributed by atoms with E-state index in [2.05, 4.69) is 25.2 Å². The molecule has 0 unspecified atom stereocenters. The number of nitrogens with zero attached hydrogens (tertiary/aromatic N) is 4. The molecule has 0 saturated heterocycles. The van der Waals surface area contributed by atoms with Gasteiger partial charge in [0.25, 0.3) is 5.95 Å². The minimum Gasteiger partial charge on any atom is -0.492 e. The number of aryl methyl sites for hydroxylation is 2. The van der Waals surface area contributed by atoms with E-state index in [0.29, 0.717) is 12.6 Å². The van der Waals surface area contributed by atoms with Gasteiger partial charge in [0.15, 0.2) is 0 Å². The van der Waals surface area contributed by atoms with Gasteiger partial charge in [-0.05, 0) is 46.1 Å². The predicted octanol–water partition coefficient (Wildman–Crippen LogP) is 2.09. The first-order valence-corrected chi connectivity index (χ1v) is 7.73. The van der Waals surface area contributed by atoms with Gasteiger partial charge in [0.1, 0.15) is 12.4 Å². The van der Waals surface area contributed by atoms with Gasteiger partial charge < -0.3 is 20.7 Å². The van der Waals surface area contributed by atoms with Gasteiger partial charge in [0.2, 0.25) is 5.96 Å². The van der Waals surface area contributed by atoms with E-state index >= 15 is 0 Å². The molecule has 2 aromatic rings. The molecule has 1 heterocycles. The van der Waals surface area contributed by atoms with Crippen molar-refractivity contribution in [2.75, 3.05) is 32.6 Å². The summed E-state index contributed by atoms with van der Waals surface area (Å²) in [5, 5.41) is 3.03. The normalized spacial score (nSPS) is 11.6. The zero-order valence-electron chi connectivity index (χ0n) is 14.6. The van der Waals surface area contributed by atoms with Crippen LogP contribution in [0.3, 0.4) is 0 Å². The molecule has 3 N–H and O–H groups in total. The quantitative estimate of drug-likeness (QED) is 0.623. The van der Waals surface area contributed by atoms with Crippen LogP contribution >= 0.6 is 0 Å². The minimum atomic E-state index is 0.227. The molecule has 0 fully saturated rings. The second kappa shape index (κ2) is 8.26. The van der Waals surface area contributed by atoms with Gasteiger partial charge in [-0.1, -0.05) is 6.07 Å². The van der Waals surface area contributed by atoms with Crippen molar-refractivity contribution in [2.45, 2.75) is 13.8 Å². The molecule has 7 nitrogen and oxygen atoms in total. The Bertz CT molecular complexity index is 694. The van der Waals surface area contributed by atoms with E-state index < -0.39 is 0 Å². The van der Waals surface area contributed by atoms with Crippen molar-refractivity contribution < 1.29 is 4.74 Å². The number of anilines is 1. The van der Waals surface area contributed by atoms with Gasteiger partial charge in [0, 0.05) is 29.7 Å². The average Bonchev–Trinajstić information content (AvgIpc) is 2.45. The number of guanidine groups is 1. The van der Waals surface area contributed by atoms with Crippen LogP contribution in [0.2, 0.25) is 0 Å². The van der Waals surface area contributed by atoms with Gasteiger partial charge in [-0.2, -0.15) is 4.99 Å². The fraction of sp³-hybridized carbons (Fsp3) is 0.353. The largest absolute Gasteiger partial charge is 0.492 e. The molecule has 2 rings (SSSR count). The lowest BCUT2D eigenvalue weighted by molar-refractivity contribution is 0.261. The van der Waals surface area contributed by atoms with Gasteiger partial charge in [-0.15, -0.1) is 0 Å². The van der Waals surface area contributed by atoms with E-state index in [1.807, 2.05) is 58.3 Å². The lowest BCUT2D eigenvalue weighted by atomic mass is 10.3. The summed E-state index contributed by atoms with van der Waals surface area (Å²) in [5.74, 6) is 1.35. The molecular weight excluding hydrogens is 304 g/mol. The summed E-state index contributed by atoms with van der Waals surface area (Å²) in [5.41, 5.74) is 8.44. The highest BCUT2D eigenvalue weighted by atomic mass is 16.5. The first kappa shape index (κ1) is 17.7. The van der Waals surface area contributed by atoms with Crippen LogP contribution in [0.25, 0.3) is 0 Å². The highest BCUT2D eigenvalue weighted by Crippen LogP contribution is 2.17. The number of likely N-dealkylation sites (N-methyl/N-ethyl adjacent to an activating group) is 1. The monoisotopic (exact) mass is 328 g/mol. The molecule has 128 valence electrons. The Kier molecular flexibility index (Phi) is 6.08. The summed E-state index contributed by atoms with van der Waals surface area (Å²) < 4.78 is 5.70. The lowest BCUT2D eigenvalue weighted by Crippen LogP contribution is -2.22. The van der Waals surface area contributed by atoms with Crippen LogP contribution in [0, 0.1) is 13.8 Å². The van der Waals surface area contributed by atoms with Crippen LogP contribution in [0.4, 0.5) is 11.6 Å². The molecule has 0 saturated carbocycles. The first-order valence-electron chi connectivity index (χ1n) is 7.73. The Balaban J connectivity index is 2.03. The molecule has 0 radical (unpaired) electrons. The van der Waals surface area contributed by atoms with Crippen LogP contribution in [0.5, 0.6) is 5.75 Å². The van der Waals surface area contributed by atoms with Crippen molar-refractivity contribution in [3.63, 3.8) is 0 Å². The van der Waals surface area contributed by atoms with E-state index in [1.165, 1.54) is 0 Å². The van der Waals surface area contributed by atoms with Crippen LogP contribution < -0.4 is 15.8 Å². The molecule has 0 atom stereocenters. The topological polar surface area (TPSA) is 88.7 Å². The average molecular weight is 328 g/mol. The molecule has 1 aromatic carbocycles. The number of aliphatic imine (C=N–C) groups is 1. The smallest absolute Gasteiger partial charge is 0.253 e. The number of hydrogen-bond donors (Lipinski definition) is 2. The third-order valence-electron chi connectivity index (χ3n) is 3.10. The van der Waals surface area contributed by atoms with Gasteiger partial charge in [0.05, 0.1) is 0 Å². The predicted molar refractivity (Wildman–Crippen MR) is 96.9 cm³/mol. The molecule has 0 bridgehead atoms. The molecule has 0 aliphatic rings. The van der Waals surface area contributed by atoms with Gasteiger partial charge in [-0.3, -0.25) is 0 Å². The number of aromatic nitrogens is 2. The number of benzene rings is 1. The highest BCUT2D eigenvalue weighted by molar-refractivity contribution is 5.93. The van der Waals surface area contributed by atoms with Gasteiger partial charge in [-0.25, -0.2) is 9.97 Å². The first-order chi connectivity index (χ1) is 11.4. The van der Waals surface area contributed by atoms with Crippen LogP contribution in [-0.2, 0) is 0 Å². The zero-order chi connectivity index (χ0) is 17.5. The minimum absolute atomic E-state index is 0.227. The van der Waals surface area contributed by atoms with E-state index in [-0.39, 0.29) is 5.96 Å². The molecule has 0 aliphatic heterocycles. The molecule has 0 spiro atoms. The van der Waals surface area contributed by atoms with Crippen LogP contribution in [-0.4, -0.2) is 48.1 Å².